The molecule has 1 fully saturated rings. The standard InChI is InChI=1S/C17H20N4O5S/c1-25-13-8-11(7-12(21(23)24)15(13)26-2)16(22)20-17-19-9-14(27-17)10-3-5-18-6-4-10/h7-10,18H,3-6H2,1-2H3,(H,19,20,22). The quantitative estimate of drug-likeness (QED) is 0.573. The van der Waals surface area contributed by atoms with Crippen molar-refractivity contribution < 1.29 is 19.2 Å². The highest BCUT2D eigenvalue weighted by atomic mass is 32.1. The molecule has 3 rings (SSSR count). The van der Waals surface area contributed by atoms with Crippen LogP contribution in [0, 0.1) is 10.1 Å². The highest BCUT2D eigenvalue weighted by Crippen LogP contribution is 2.38. The topological polar surface area (TPSA) is 116 Å². The van der Waals surface area contributed by atoms with Crippen molar-refractivity contribution in [2.45, 2.75) is 18.8 Å². The highest BCUT2D eigenvalue weighted by molar-refractivity contribution is 7.15. The molecular formula is C17H20N4O5S. The Morgan fingerprint density at radius 3 is 2.70 bits per heavy atom. The van der Waals surface area contributed by atoms with Crippen LogP contribution < -0.4 is 20.1 Å². The molecule has 0 aliphatic carbocycles. The van der Waals surface area contributed by atoms with E-state index in [-0.39, 0.29) is 22.7 Å². The summed E-state index contributed by atoms with van der Waals surface area (Å²) in [6, 6.07) is 2.57. The average Bonchev–Trinajstić information content (AvgIpc) is 3.15. The Balaban J connectivity index is 1.81. The van der Waals surface area contributed by atoms with Crippen molar-refractivity contribution >= 4 is 28.1 Å². The molecule has 9 nitrogen and oxygen atoms in total. The number of piperidine rings is 1. The first kappa shape index (κ1) is 19.1. The van der Waals surface area contributed by atoms with Gasteiger partial charge in [0.2, 0.25) is 5.75 Å². The number of nitrogens with one attached hydrogen (secondary N) is 2. The van der Waals surface area contributed by atoms with Gasteiger partial charge in [-0.2, -0.15) is 0 Å². The van der Waals surface area contributed by atoms with Gasteiger partial charge in [-0.05, 0) is 37.9 Å². The van der Waals surface area contributed by atoms with E-state index < -0.39 is 10.8 Å². The molecule has 2 N–H and O–H groups in total. The summed E-state index contributed by atoms with van der Waals surface area (Å²) in [5.41, 5.74) is -0.241. The Morgan fingerprint density at radius 2 is 2.07 bits per heavy atom. The van der Waals surface area contributed by atoms with Gasteiger partial charge in [-0.1, -0.05) is 0 Å². The molecule has 1 aromatic heterocycles. The predicted octanol–water partition coefficient (Wildman–Crippen LogP) is 2.79. The van der Waals surface area contributed by atoms with Crippen molar-refractivity contribution in [3.05, 3.63) is 38.9 Å². The summed E-state index contributed by atoms with van der Waals surface area (Å²) in [5, 5.41) is 17.8. The lowest BCUT2D eigenvalue weighted by molar-refractivity contribution is -0.385. The highest BCUT2D eigenvalue weighted by Gasteiger charge is 2.24. The van der Waals surface area contributed by atoms with Crippen LogP contribution in [0.3, 0.4) is 0 Å². The SMILES string of the molecule is COc1cc(C(=O)Nc2ncc(C3CCNCC3)s2)cc([N+](=O)[O-])c1OC. The van der Waals surface area contributed by atoms with Gasteiger partial charge in [0.1, 0.15) is 0 Å². The molecule has 1 amide bonds. The maximum absolute atomic E-state index is 12.6. The lowest BCUT2D eigenvalue weighted by Crippen LogP contribution is -2.26. The fourth-order valence-electron chi connectivity index (χ4n) is 3.02. The molecule has 1 aliphatic rings. The Morgan fingerprint density at radius 1 is 1.33 bits per heavy atom. The van der Waals surface area contributed by atoms with Crippen LogP contribution in [-0.4, -0.2) is 43.1 Å². The molecular weight excluding hydrogens is 372 g/mol. The van der Waals surface area contributed by atoms with Gasteiger partial charge in [-0.25, -0.2) is 4.98 Å². The van der Waals surface area contributed by atoms with E-state index in [0.717, 1.165) is 36.9 Å². The smallest absolute Gasteiger partial charge is 0.315 e. The number of thiazole rings is 1. The first-order valence-electron chi connectivity index (χ1n) is 8.41. The number of nitro groups is 1. The summed E-state index contributed by atoms with van der Waals surface area (Å²) in [6.45, 7) is 1.94. The number of nitrogens with zero attached hydrogens (tertiary/aromatic N) is 2. The van der Waals surface area contributed by atoms with Gasteiger partial charge < -0.3 is 14.8 Å². The molecule has 27 heavy (non-hydrogen) atoms. The monoisotopic (exact) mass is 392 g/mol. The number of ether oxygens (including phenoxy) is 2. The van der Waals surface area contributed by atoms with Gasteiger partial charge in [-0.15, -0.1) is 11.3 Å². The molecule has 10 heteroatoms. The van der Waals surface area contributed by atoms with Crippen LogP contribution in [0.1, 0.15) is 34.0 Å². The second-order valence-corrected chi connectivity index (χ2v) is 7.10. The minimum atomic E-state index is -0.614. The first-order valence-corrected chi connectivity index (χ1v) is 9.23. The van der Waals surface area contributed by atoms with E-state index in [0.29, 0.717) is 11.0 Å². The lowest BCUT2D eigenvalue weighted by Gasteiger charge is -2.20. The zero-order valence-corrected chi connectivity index (χ0v) is 15.8. The van der Waals surface area contributed by atoms with Crippen LogP contribution in [-0.2, 0) is 0 Å². The van der Waals surface area contributed by atoms with Gasteiger partial charge in [-0.3, -0.25) is 20.2 Å². The minimum absolute atomic E-state index is 0.0264. The maximum Gasteiger partial charge on any atom is 0.315 e. The average molecular weight is 392 g/mol. The van der Waals surface area contributed by atoms with Crippen molar-refractivity contribution in [1.29, 1.82) is 0 Å². The van der Waals surface area contributed by atoms with E-state index in [1.807, 2.05) is 0 Å². The van der Waals surface area contributed by atoms with E-state index in [2.05, 4.69) is 15.6 Å². The fourth-order valence-corrected chi connectivity index (χ4v) is 4.00. The molecule has 144 valence electrons. The third kappa shape index (κ3) is 4.17. The summed E-state index contributed by atoms with van der Waals surface area (Å²) in [4.78, 5) is 28.6. The third-order valence-corrected chi connectivity index (χ3v) is 5.48. The van der Waals surface area contributed by atoms with E-state index in [4.69, 9.17) is 9.47 Å². The number of amides is 1. The number of carbonyl (C=O) groups is 1. The number of nitro benzene ring substituents is 1. The lowest BCUT2D eigenvalue weighted by atomic mass is 9.97. The van der Waals surface area contributed by atoms with Gasteiger partial charge in [0.05, 0.1) is 24.7 Å². The number of benzene rings is 1. The van der Waals surface area contributed by atoms with E-state index in [1.165, 1.54) is 31.6 Å². The van der Waals surface area contributed by atoms with Gasteiger partial charge in [0.25, 0.3) is 5.91 Å². The molecule has 0 bridgehead atoms. The molecule has 1 aromatic carbocycles. The van der Waals surface area contributed by atoms with Crippen LogP contribution in [0.25, 0.3) is 0 Å². The zero-order chi connectivity index (χ0) is 19.4. The summed E-state index contributed by atoms with van der Waals surface area (Å²) in [7, 11) is 2.66. The number of anilines is 1. The van der Waals surface area contributed by atoms with Crippen molar-refractivity contribution in [3.8, 4) is 11.5 Å². The van der Waals surface area contributed by atoms with Crippen LogP contribution in [0.15, 0.2) is 18.3 Å². The predicted molar refractivity (Wildman–Crippen MR) is 101 cm³/mol. The van der Waals surface area contributed by atoms with Crippen LogP contribution in [0.2, 0.25) is 0 Å². The second kappa shape index (κ2) is 8.31. The molecule has 2 aromatic rings. The Hall–Kier alpha value is -2.72. The summed E-state index contributed by atoms with van der Waals surface area (Å²) >= 11 is 1.43. The number of rotatable bonds is 6. The molecule has 2 heterocycles. The first-order chi connectivity index (χ1) is 13.0. The number of hydrogen-bond donors (Lipinski definition) is 2. The Kier molecular flexibility index (Phi) is 5.87. The van der Waals surface area contributed by atoms with Crippen molar-refractivity contribution in [2.24, 2.45) is 0 Å². The maximum atomic E-state index is 12.6. The van der Waals surface area contributed by atoms with Crippen LogP contribution in [0.4, 0.5) is 10.8 Å². The van der Waals surface area contributed by atoms with Gasteiger partial charge in [0, 0.05) is 17.1 Å². The number of carbonyl (C=O) groups excluding carboxylic acids is 1. The molecule has 0 atom stereocenters. The number of methoxy groups -OCH3 is 2. The number of aromatic nitrogens is 1. The molecule has 0 saturated carbocycles. The molecule has 0 spiro atoms. The molecule has 1 aliphatic heterocycles. The molecule has 0 radical (unpaired) electrons. The zero-order valence-electron chi connectivity index (χ0n) is 15.0. The summed E-state index contributed by atoms with van der Waals surface area (Å²) < 4.78 is 10.2. The third-order valence-electron chi connectivity index (χ3n) is 4.40. The van der Waals surface area contributed by atoms with Crippen LogP contribution in [0.5, 0.6) is 11.5 Å². The van der Waals surface area contributed by atoms with Crippen molar-refractivity contribution in [1.82, 2.24) is 10.3 Å². The van der Waals surface area contributed by atoms with E-state index in [9.17, 15) is 14.9 Å². The fraction of sp³-hybridized carbons (Fsp3) is 0.412. The number of hydrogen-bond acceptors (Lipinski definition) is 8. The van der Waals surface area contributed by atoms with Gasteiger partial charge >= 0.3 is 5.69 Å². The Labute approximate surface area is 159 Å². The largest absolute Gasteiger partial charge is 0.493 e. The van der Waals surface area contributed by atoms with Crippen molar-refractivity contribution in [2.75, 3.05) is 32.6 Å². The molecule has 1 saturated heterocycles. The minimum Gasteiger partial charge on any atom is -0.493 e. The van der Waals surface area contributed by atoms with Crippen LogP contribution >= 0.6 is 11.3 Å². The summed E-state index contributed by atoms with van der Waals surface area (Å²) in [6.07, 6.45) is 3.86. The second-order valence-electron chi connectivity index (χ2n) is 6.03. The van der Waals surface area contributed by atoms with E-state index >= 15 is 0 Å². The summed E-state index contributed by atoms with van der Waals surface area (Å²) in [5.74, 6) is 0.0368. The van der Waals surface area contributed by atoms with E-state index in [1.54, 1.807) is 6.20 Å². The Bertz CT molecular complexity index is 848. The molecule has 0 unspecified atom stereocenters. The van der Waals surface area contributed by atoms with Gasteiger partial charge in [0.15, 0.2) is 10.9 Å². The normalized spacial score (nSPS) is 14.6. The van der Waals surface area contributed by atoms with Crippen molar-refractivity contribution in [3.63, 3.8) is 0 Å².